The third kappa shape index (κ3) is 4.11. The van der Waals surface area contributed by atoms with E-state index < -0.39 is 0 Å². The number of benzene rings is 1. The zero-order valence-corrected chi connectivity index (χ0v) is 14.4. The van der Waals surface area contributed by atoms with Crippen LogP contribution in [0.25, 0.3) is 0 Å². The summed E-state index contributed by atoms with van der Waals surface area (Å²) in [6.45, 7) is 7.44. The van der Waals surface area contributed by atoms with Crippen molar-refractivity contribution in [2.24, 2.45) is 7.05 Å². The van der Waals surface area contributed by atoms with Gasteiger partial charge in [-0.3, -0.25) is 4.68 Å². The largest absolute Gasteiger partial charge is 0.306 e. The Balaban J connectivity index is 2.01. The summed E-state index contributed by atoms with van der Waals surface area (Å²) >= 11 is 1.78. The Bertz CT molecular complexity index is 572. The Morgan fingerprint density at radius 1 is 1.19 bits per heavy atom. The molecular weight excluding hydrogens is 278 g/mol. The monoisotopic (exact) mass is 303 g/mol. The minimum Gasteiger partial charge on any atom is -0.306 e. The maximum absolute atomic E-state index is 4.56. The van der Waals surface area contributed by atoms with E-state index in [9.17, 15) is 0 Å². The standard InChI is InChI=1S/C17H25N3S/c1-12(2)17-15(11-20(4)19-17)10-18-13(3)14-6-8-16(21-5)9-7-14/h6-9,11-13,18H,10H2,1-5H3. The molecule has 1 aromatic heterocycles. The number of hydrogen-bond acceptors (Lipinski definition) is 3. The maximum atomic E-state index is 4.56. The van der Waals surface area contributed by atoms with Gasteiger partial charge in [0.05, 0.1) is 5.69 Å². The van der Waals surface area contributed by atoms with Crippen molar-refractivity contribution >= 4 is 11.8 Å². The second-order valence-corrected chi connectivity index (χ2v) is 6.62. The van der Waals surface area contributed by atoms with Crippen molar-refractivity contribution in [2.45, 2.75) is 44.2 Å². The predicted molar refractivity (Wildman–Crippen MR) is 90.8 cm³/mol. The maximum Gasteiger partial charge on any atom is 0.0694 e. The van der Waals surface area contributed by atoms with Crippen molar-refractivity contribution in [3.8, 4) is 0 Å². The van der Waals surface area contributed by atoms with Crippen LogP contribution in [0.5, 0.6) is 0 Å². The smallest absolute Gasteiger partial charge is 0.0694 e. The van der Waals surface area contributed by atoms with Crippen molar-refractivity contribution in [3.63, 3.8) is 0 Å². The Morgan fingerprint density at radius 3 is 2.43 bits per heavy atom. The summed E-state index contributed by atoms with van der Waals surface area (Å²) in [6, 6.07) is 9.11. The normalized spacial score (nSPS) is 12.9. The van der Waals surface area contributed by atoms with Crippen LogP contribution in [-0.2, 0) is 13.6 Å². The Kier molecular flexibility index (Phi) is 5.48. The average molecular weight is 303 g/mol. The Hall–Kier alpha value is -1.26. The SMILES string of the molecule is CSc1ccc(C(C)NCc2cn(C)nc2C(C)C)cc1. The number of aromatic nitrogens is 2. The lowest BCUT2D eigenvalue weighted by atomic mass is 10.1. The van der Waals surface area contributed by atoms with Crippen molar-refractivity contribution in [1.82, 2.24) is 15.1 Å². The minimum atomic E-state index is 0.334. The predicted octanol–water partition coefficient (Wildman–Crippen LogP) is 4.12. The molecule has 1 unspecified atom stereocenters. The van der Waals surface area contributed by atoms with Gasteiger partial charge in [0.2, 0.25) is 0 Å². The summed E-state index contributed by atoms with van der Waals surface area (Å²) in [5, 5.41) is 8.16. The van der Waals surface area contributed by atoms with E-state index in [0.717, 1.165) is 6.54 Å². The summed E-state index contributed by atoms with van der Waals surface area (Å²) in [6.07, 6.45) is 4.22. The summed E-state index contributed by atoms with van der Waals surface area (Å²) in [4.78, 5) is 1.31. The second-order valence-electron chi connectivity index (χ2n) is 5.74. The lowest BCUT2D eigenvalue weighted by Crippen LogP contribution is -2.18. The fourth-order valence-corrected chi connectivity index (χ4v) is 2.86. The molecule has 0 bridgehead atoms. The number of nitrogens with zero attached hydrogens (tertiary/aromatic N) is 2. The van der Waals surface area contributed by atoms with Crippen molar-refractivity contribution < 1.29 is 0 Å². The zero-order valence-electron chi connectivity index (χ0n) is 13.6. The Labute approximate surface area is 132 Å². The highest BCUT2D eigenvalue weighted by Gasteiger charge is 2.12. The van der Waals surface area contributed by atoms with Gasteiger partial charge in [0.1, 0.15) is 0 Å². The first-order chi connectivity index (χ1) is 10.0. The van der Waals surface area contributed by atoms with Crippen molar-refractivity contribution in [1.29, 1.82) is 0 Å². The summed E-state index contributed by atoms with van der Waals surface area (Å²) in [7, 11) is 1.99. The van der Waals surface area contributed by atoms with Gasteiger partial charge in [-0.25, -0.2) is 0 Å². The molecule has 2 rings (SSSR count). The van der Waals surface area contributed by atoms with Crippen LogP contribution >= 0.6 is 11.8 Å². The fraction of sp³-hybridized carbons (Fsp3) is 0.471. The molecular formula is C17H25N3S. The highest BCUT2D eigenvalue weighted by Crippen LogP contribution is 2.21. The molecule has 0 spiro atoms. The van der Waals surface area contributed by atoms with Gasteiger partial charge in [-0.1, -0.05) is 26.0 Å². The van der Waals surface area contributed by atoms with Gasteiger partial charge >= 0.3 is 0 Å². The highest BCUT2D eigenvalue weighted by molar-refractivity contribution is 7.98. The molecule has 1 aromatic carbocycles. The summed E-state index contributed by atoms with van der Waals surface area (Å²) in [5.41, 5.74) is 3.80. The number of thioether (sulfide) groups is 1. The van der Waals surface area contributed by atoms with E-state index in [0.29, 0.717) is 12.0 Å². The van der Waals surface area contributed by atoms with Crippen LogP contribution in [0.15, 0.2) is 35.4 Å². The number of aryl methyl sites for hydroxylation is 1. The van der Waals surface area contributed by atoms with Crippen LogP contribution in [0.2, 0.25) is 0 Å². The van der Waals surface area contributed by atoms with E-state index in [4.69, 9.17) is 0 Å². The minimum absolute atomic E-state index is 0.334. The molecule has 0 saturated carbocycles. The molecule has 0 fully saturated rings. The first-order valence-electron chi connectivity index (χ1n) is 7.41. The third-order valence-electron chi connectivity index (χ3n) is 3.70. The molecule has 2 aromatic rings. The van der Waals surface area contributed by atoms with Crippen LogP contribution in [0, 0.1) is 0 Å². The first kappa shape index (κ1) is 16.1. The molecule has 0 aliphatic heterocycles. The molecule has 0 amide bonds. The average Bonchev–Trinajstić information content (AvgIpc) is 2.86. The Morgan fingerprint density at radius 2 is 1.86 bits per heavy atom. The van der Waals surface area contributed by atoms with Crippen LogP contribution in [-0.4, -0.2) is 16.0 Å². The molecule has 0 radical (unpaired) electrons. The van der Waals surface area contributed by atoms with Crippen LogP contribution in [0.3, 0.4) is 0 Å². The van der Waals surface area contributed by atoms with Gasteiger partial charge < -0.3 is 5.32 Å². The molecule has 1 heterocycles. The van der Waals surface area contributed by atoms with Gasteiger partial charge in [0.15, 0.2) is 0 Å². The third-order valence-corrected chi connectivity index (χ3v) is 4.44. The molecule has 1 N–H and O–H groups in total. The molecule has 4 heteroatoms. The lowest BCUT2D eigenvalue weighted by molar-refractivity contribution is 0.570. The van der Waals surface area contributed by atoms with Crippen LogP contribution in [0.4, 0.5) is 0 Å². The molecule has 114 valence electrons. The van der Waals surface area contributed by atoms with Crippen LogP contribution < -0.4 is 5.32 Å². The molecule has 0 aliphatic rings. The quantitative estimate of drug-likeness (QED) is 0.814. The summed E-state index contributed by atoms with van der Waals surface area (Å²) in [5.74, 6) is 0.458. The molecule has 21 heavy (non-hydrogen) atoms. The topological polar surface area (TPSA) is 29.9 Å². The lowest BCUT2D eigenvalue weighted by Gasteiger charge is -2.15. The second kappa shape index (κ2) is 7.14. The van der Waals surface area contributed by atoms with E-state index in [2.05, 4.69) is 67.9 Å². The molecule has 1 atom stereocenters. The molecule has 3 nitrogen and oxygen atoms in total. The molecule has 0 aliphatic carbocycles. The van der Waals surface area contributed by atoms with E-state index in [1.54, 1.807) is 11.8 Å². The van der Waals surface area contributed by atoms with E-state index in [-0.39, 0.29) is 0 Å². The fourth-order valence-electron chi connectivity index (χ4n) is 2.45. The van der Waals surface area contributed by atoms with Gasteiger partial charge in [-0.15, -0.1) is 11.8 Å². The number of rotatable bonds is 6. The summed E-state index contributed by atoms with van der Waals surface area (Å²) < 4.78 is 1.91. The van der Waals surface area contributed by atoms with E-state index in [1.165, 1.54) is 21.7 Å². The van der Waals surface area contributed by atoms with Gasteiger partial charge in [0, 0.05) is 36.3 Å². The van der Waals surface area contributed by atoms with E-state index in [1.807, 2.05) is 11.7 Å². The number of nitrogens with one attached hydrogen (secondary N) is 1. The number of hydrogen-bond donors (Lipinski definition) is 1. The van der Waals surface area contributed by atoms with Gasteiger partial charge in [-0.2, -0.15) is 5.10 Å². The van der Waals surface area contributed by atoms with Crippen molar-refractivity contribution in [2.75, 3.05) is 6.26 Å². The van der Waals surface area contributed by atoms with Crippen molar-refractivity contribution in [3.05, 3.63) is 47.3 Å². The molecule has 0 saturated heterocycles. The highest BCUT2D eigenvalue weighted by atomic mass is 32.2. The zero-order chi connectivity index (χ0) is 15.4. The first-order valence-corrected chi connectivity index (χ1v) is 8.63. The van der Waals surface area contributed by atoms with E-state index >= 15 is 0 Å². The van der Waals surface area contributed by atoms with Crippen LogP contribution in [0.1, 0.15) is 49.6 Å². The van der Waals surface area contributed by atoms with Gasteiger partial charge in [0.25, 0.3) is 0 Å². The van der Waals surface area contributed by atoms with Gasteiger partial charge in [-0.05, 0) is 36.8 Å².